The maximum absolute atomic E-state index is 11.7. The van der Waals surface area contributed by atoms with Gasteiger partial charge >= 0.3 is 5.97 Å². The van der Waals surface area contributed by atoms with Gasteiger partial charge in [0.15, 0.2) is 0 Å². The second kappa shape index (κ2) is 9.13. The Labute approximate surface area is 122 Å². The highest BCUT2D eigenvalue weighted by Crippen LogP contribution is 2.10. The van der Waals surface area contributed by atoms with Gasteiger partial charge < -0.3 is 4.74 Å². The van der Waals surface area contributed by atoms with Gasteiger partial charge in [-0.05, 0) is 37.8 Å². The van der Waals surface area contributed by atoms with Gasteiger partial charge in [0, 0.05) is 0 Å². The highest BCUT2D eigenvalue weighted by Gasteiger charge is 2.05. The molecule has 0 radical (unpaired) electrons. The lowest BCUT2D eigenvalue weighted by Gasteiger charge is -2.08. The Hall–Kier alpha value is -1.83. The van der Waals surface area contributed by atoms with E-state index in [1.54, 1.807) is 0 Å². The first-order valence-electron chi connectivity index (χ1n) is 7.13. The van der Waals surface area contributed by atoms with Crippen LogP contribution in [0.5, 0.6) is 0 Å². The summed E-state index contributed by atoms with van der Waals surface area (Å²) in [5, 5.41) is 0. The van der Waals surface area contributed by atoms with Crippen LogP contribution in [0, 0.1) is 0 Å². The van der Waals surface area contributed by atoms with E-state index in [0.717, 1.165) is 24.0 Å². The van der Waals surface area contributed by atoms with Crippen molar-refractivity contribution in [2.75, 3.05) is 6.61 Å². The van der Waals surface area contributed by atoms with E-state index in [0.29, 0.717) is 13.0 Å². The zero-order valence-corrected chi connectivity index (χ0v) is 12.7. The monoisotopic (exact) mass is 272 g/mol. The molecule has 2 nitrogen and oxygen atoms in total. The average molecular weight is 272 g/mol. The summed E-state index contributed by atoms with van der Waals surface area (Å²) in [5.74, 6) is -0.174. The zero-order valence-electron chi connectivity index (χ0n) is 12.7. The molecule has 0 aliphatic heterocycles. The highest BCUT2D eigenvalue weighted by molar-refractivity contribution is 5.72. The molecule has 108 valence electrons. The Morgan fingerprint density at radius 2 is 1.80 bits per heavy atom. The Morgan fingerprint density at radius 1 is 1.10 bits per heavy atom. The first-order valence-corrected chi connectivity index (χ1v) is 7.13. The molecule has 0 saturated carbocycles. The van der Waals surface area contributed by atoms with Gasteiger partial charge in [0.1, 0.15) is 6.61 Å². The van der Waals surface area contributed by atoms with Crippen LogP contribution in [0.15, 0.2) is 53.6 Å². The third-order valence-corrected chi connectivity index (χ3v) is 3.20. The van der Waals surface area contributed by atoms with Crippen molar-refractivity contribution < 1.29 is 9.53 Å². The van der Waals surface area contributed by atoms with E-state index in [2.05, 4.69) is 26.0 Å². The Balaban J connectivity index is 2.40. The summed E-state index contributed by atoms with van der Waals surface area (Å²) in [6, 6.07) is 9.67. The van der Waals surface area contributed by atoms with Crippen molar-refractivity contribution in [1.82, 2.24) is 0 Å². The van der Waals surface area contributed by atoms with Crippen LogP contribution < -0.4 is 0 Å². The van der Waals surface area contributed by atoms with Gasteiger partial charge in [-0.15, -0.1) is 0 Å². The second-order valence-corrected chi connectivity index (χ2v) is 4.97. The molecule has 0 amide bonds. The molecule has 0 aliphatic rings. The van der Waals surface area contributed by atoms with E-state index in [4.69, 9.17) is 4.74 Å². The van der Waals surface area contributed by atoms with Crippen molar-refractivity contribution >= 4 is 5.97 Å². The molecule has 1 aromatic rings. The van der Waals surface area contributed by atoms with Crippen molar-refractivity contribution in [2.24, 2.45) is 0 Å². The van der Waals surface area contributed by atoms with Crippen LogP contribution in [-0.4, -0.2) is 12.6 Å². The topological polar surface area (TPSA) is 26.3 Å². The number of esters is 1. The molecule has 0 heterocycles. The summed E-state index contributed by atoms with van der Waals surface area (Å²) in [7, 11) is 0. The third kappa shape index (κ3) is 6.37. The Bertz CT molecular complexity index is 469. The van der Waals surface area contributed by atoms with E-state index < -0.39 is 0 Å². The van der Waals surface area contributed by atoms with Crippen molar-refractivity contribution in [3.8, 4) is 0 Å². The Morgan fingerprint density at radius 3 is 2.45 bits per heavy atom. The van der Waals surface area contributed by atoms with E-state index >= 15 is 0 Å². The van der Waals surface area contributed by atoms with Crippen molar-refractivity contribution in [3.05, 3.63) is 59.2 Å². The minimum atomic E-state index is -0.174. The molecular formula is C18H24O2. The number of rotatable bonds is 7. The molecule has 0 bridgehead atoms. The smallest absolute Gasteiger partial charge is 0.310 e. The van der Waals surface area contributed by atoms with Crippen LogP contribution in [0.2, 0.25) is 0 Å². The first kappa shape index (κ1) is 16.2. The van der Waals surface area contributed by atoms with E-state index in [9.17, 15) is 4.79 Å². The molecule has 0 spiro atoms. The molecule has 1 aromatic carbocycles. The van der Waals surface area contributed by atoms with E-state index in [1.807, 2.05) is 37.3 Å². The standard InChI is InChI=1S/C18H24O2/c1-4-5-7-10-15(2)16(3)14-20-18(19)13-17-11-8-6-9-12-17/h5-9,11-12H,4,10,13-14H2,1-3H3/b7-5+,16-15+. The predicted molar refractivity (Wildman–Crippen MR) is 83.5 cm³/mol. The van der Waals surface area contributed by atoms with Crippen molar-refractivity contribution in [1.29, 1.82) is 0 Å². The van der Waals surface area contributed by atoms with E-state index in [1.165, 1.54) is 5.57 Å². The molecule has 20 heavy (non-hydrogen) atoms. The first-order chi connectivity index (χ1) is 9.63. The predicted octanol–water partition coefficient (Wildman–Crippen LogP) is 4.47. The van der Waals surface area contributed by atoms with Gasteiger partial charge in [0.05, 0.1) is 6.42 Å². The second-order valence-electron chi connectivity index (χ2n) is 4.97. The highest BCUT2D eigenvalue weighted by atomic mass is 16.5. The number of allylic oxidation sites excluding steroid dienone is 3. The van der Waals surface area contributed by atoms with Gasteiger partial charge in [0.25, 0.3) is 0 Å². The minimum Gasteiger partial charge on any atom is -0.461 e. The van der Waals surface area contributed by atoms with Crippen LogP contribution >= 0.6 is 0 Å². The van der Waals surface area contributed by atoms with Crippen LogP contribution in [0.3, 0.4) is 0 Å². The number of carbonyl (C=O) groups excluding carboxylic acids is 1. The van der Waals surface area contributed by atoms with E-state index in [-0.39, 0.29) is 5.97 Å². The zero-order chi connectivity index (χ0) is 14.8. The largest absolute Gasteiger partial charge is 0.461 e. The fourth-order valence-electron chi connectivity index (χ4n) is 1.73. The molecule has 0 aromatic heterocycles. The normalized spacial score (nSPS) is 12.3. The van der Waals surface area contributed by atoms with Gasteiger partial charge in [-0.3, -0.25) is 4.79 Å². The lowest BCUT2D eigenvalue weighted by Crippen LogP contribution is -2.10. The summed E-state index contributed by atoms with van der Waals surface area (Å²) >= 11 is 0. The minimum absolute atomic E-state index is 0.174. The van der Waals surface area contributed by atoms with Gasteiger partial charge in [-0.25, -0.2) is 0 Å². The molecule has 2 heteroatoms. The molecule has 0 fully saturated rings. The number of hydrogen-bond acceptors (Lipinski definition) is 2. The van der Waals surface area contributed by atoms with Gasteiger partial charge in [-0.1, -0.05) is 55.0 Å². The molecule has 0 atom stereocenters. The summed E-state index contributed by atoms with van der Waals surface area (Å²) in [6.07, 6.45) is 6.63. The van der Waals surface area contributed by atoms with Gasteiger partial charge in [0.2, 0.25) is 0 Å². The summed E-state index contributed by atoms with van der Waals surface area (Å²) in [5.41, 5.74) is 3.39. The molecule has 0 unspecified atom stereocenters. The van der Waals surface area contributed by atoms with Crippen LogP contribution in [0.4, 0.5) is 0 Å². The summed E-state index contributed by atoms with van der Waals surface area (Å²) < 4.78 is 5.31. The number of hydrogen-bond donors (Lipinski definition) is 0. The number of carbonyl (C=O) groups is 1. The lowest BCUT2D eigenvalue weighted by atomic mass is 10.1. The van der Waals surface area contributed by atoms with Crippen molar-refractivity contribution in [2.45, 2.75) is 40.0 Å². The van der Waals surface area contributed by atoms with Gasteiger partial charge in [-0.2, -0.15) is 0 Å². The fourth-order valence-corrected chi connectivity index (χ4v) is 1.73. The maximum atomic E-state index is 11.7. The maximum Gasteiger partial charge on any atom is 0.310 e. The summed E-state index contributed by atoms with van der Waals surface area (Å²) in [4.78, 5) is 11.7. The SMILES string of the molecule is CC/C=C/C/C(C)=C(\C)COC(=O)Cc1ccccc1. The average Bonchev–Trinajstić information content (AvgIpc) is 2.46. The number of ether oxygens (including phenoxy) is 1. The molecule has 0 N–H and O–H groups in total. The molecular weight excluding hydrogens is 248 g/mol. The van der Waals surface area contributed by atoms with Crippen LogP contribution in [-0.2, 0) is 16.0 Å². The number of benzene rings is 1. The van der Waals surface area contributed by atoms with Crippen LogP contribution in [0.1, 0.15) is 39.2 Å². The molecule has 0 saturated heterocycles. The summed E-state index contributed by atoms with van der Waals surface area (Å²) in [6.45, 7) is 6.61. The quantitative estimate of drug-likeness (QED) is 0.541. The third-order valence-electron chi connectivity index (χ3n) is 3.20. The molecule has 1 rings (SSSR count). The fraction of sp³-hybridized carbons (Fsp3) is 0.389. The van der Waals surface area contributed by atoms with Crippen molar-refractivity contribution in [3.63, 3.8) is 0 Å². The Kier molecular flexibility index (Phi) is 7.41. The molecule has 0 aliphatic carbocycles. The van der Waals surface area contributed by atoms with Crippen LogP contribution in [0.25, 0.3) is 0 Å². The lowest BCUT2D eigenvalue weighted by molar-refractivity contribution is -0.141.